The van der Waals surface area contributed by atoms with E-state index in [1.165, 1.54) is 11.0 Å². The minimum Gasteiger partial charge on any atom is -0.350 e. The molecule has 180 valence electrons. The van der Waals surface area contributed by atoms with Gasteiger partial charge >= 0.3 is 6.03 Å². The van der Waals surface area contributed by atoms with Gasteiger partial charge in [-0.15, -0.1) is 11.3 Å². The maximum absolute atomic E-state index is 13.3. The van der Waals surface area contributed by atoms with Crippen LogP contribution < -0.4 is 10.6 Å². The van der Waals surface area contributed by atoms with Gasteiger partial charge in [-0.05, 0) is 36.4 Å². The second-order valence-electron chi connectivity index (χ2n) is 8.87. The van der Waals surface area contributed by atoms with E-state index in [9.17, 15) is 19.2 Å². The van der Waals surface area contributed by atoms with E-state index in [1.54, 1.807) is 22.1 Å². The van der Waals surface area contributed by atoms with E-state index in [1.807, 2.05) is 41.8 Å². The Hall–Kier alpha value is -3.72. The second-order valence-corrected chi connectivity index (χ2v) is 9.90. The summed E-state index contributed by atoms with van der Waals surface area (Å²) in [5.74, 6) is -1.40. The lowest BCUT2D eigenvalue weighted by molar-refractivity contribution is -0.132. The number of rotatable bonds is 6. The fourth-order valence-electron chi connectivity index (χ4n) is 4.83. The quantitative estimate of drug-likeness (QED) is 0.405. The third-order valence-electron chi connectivity index (χ3n) is 6.55. The molecule has 8 nitrogen and oxygen atoms in total. The summed E-state index contributed by atoms with van der Waals surface area (Å²) in [5.41, 5.74) is 1.39. The van der Waals surface area contributed by atoms with Crippen LogP contribution in [0.2, 0.25) is 0 Å². The van der Waals surface area contributed by atoms with Crippen molar-refractivity contribution in [3.8, 4) is 0 Å². The lowest BCUT2D eigenvalue weighted by Gasteiger charge is -2.35. The van der Waals surface area contributed by atoms with Crippen molar-refractivity contribution in [2.24, 2.45) is 0 Å². The first kappa shape index (κ1) is 23.0. The fraction of sp³-hybridized carbons (Fsp3) is 0.308. The van der Waals surface area contributed by atoms with Gasteiger partial charge in [0.25, 0.3) is 11.8 Å². The van der Waals surface area contributed by atoms with E-state index < -0.39 is 17.8 Å². The molecular weight excluding hydrogens is 464 g/mol. The van der Waals surface area contributed by atoms with Gasteiger partial charge in [0, 0.05) is 33.6 Å². The smallest absolute Gasteiger partial charge is 0.331 e. The largest absolute Gasteiger partial charge is 0.350 e. The average molecular weight is 491 g/mol. The molecule has 3 heterocycles. The monoisotopic (exact) mass is 490 g/mol. The number of thiophene rings is 1. The molecule has 2 fully saturated rings. The lowest BCUT2D eigenvalue weighted by Crippen LogP contribution is -2.58. The SMILES string of the molecule is O=C(Cn1cc(C=C2C(=O)NC(=O)N(C3CCCCC3)C2=O)c2ccccc21)NCc1cccs1. The number of nitrogens with zero attached hydrogens (tertiary/aromatic N) is 2. The Bertz CT molecular complexity index is 1320. The van der Waals surface area contributed by atoms with Gasteiger partial charge in [-0.3, -0.25) is 24.6 Å². The number of urea groups is 1. The number of amides is 5. The minimum absolute atomic E-state index is 0.0692. The Balaban J connectivity index is 1.42. The Labute approximate surface area is 206 Å². The molecule has 5 rings (SSSR count). The highest BCUT2D eigenvalue weighted by molar-refractivity contribution is 7.09. The zero-order valence-corrected chi connectivity index (χ0v) is 20.0. The zero-order chi connectivity index (χ0) is 24.4. The van der Waals surface area contributed by atoms with Crippen LogP contribution in [0.1, 0.15) is 42.5 Å². The van der Waals surface area contributed by atoms with Crippen molar-refractivity contribution in [3.05, 3.63) is 64.0 Å². The second kappa shape index (κ2) is 9.87. The van der Waals surface area contributed by atoms with Gasteiger partial charge in [-0.2, -0.15) is 0 Å². The highest BCUT2D eigenvalue weighted by Crippen LogP contribution is 2.28. The fourth-order valence-corrected chi connectivity index (χ4v) is 5.47. The van der Waals surface area contributed by atoms with Gasteiger partial charge in [0.05, 0.1) is 6.54 Å². The number of fused-ring (bicyclic) bond motifs is 1. The molecule has 1 saturated carbocycles. The highest BCUT2D eigenvalue weighted by Gasteiger charge is 2.40. The van der Waals surface area contributed by atoms with Crippen LogP contribution in [0.15, 0.2) is 53.5 Å². The Kier molecular flexibility index (Phi) is 6.50. The van der Waals surface area contributed by atoms with Crippen LogP contribution in [0.5, 0.6) is 0 Å². The molecule has 1 aliphatic carbocycles. The van der Waals surface area contributed by atoms with Crippen molar-refractivity contribution >= 4 is 52.1 Å². The molecule has 0 bridgehead atoms. The standard InChI is InChI=1S/C26H26N4O4S/c31-23(27-14-19-9-6-12-35-19)16-29-15-17(20-10-4-5-11-22(20)29)13-21-24(32)28-26(34)30(25(21)33)18-7-2-1-3-8-18/h4-6,9-13,15,18H,1-3,7-8,14,16H2,(H,27,31)(H,28,32,34). The summed E-state index contributed by atoms with van der Waals surface area (Å²) in [6.45, 7) is 0.564. The van der Waals surface area contributed by atoms with Crippen molar-refractivity contribution in [1.29, 1.82) is 0 Å². The molecule has 1 saturated heterocycles. The Morgan fingerprint density at radius 3 is 2.66 bits per heavy atom. The van der Waals surface area contributed by atoms with Crippen LogP contribution in [0, 0.1) is 0 Å². The predicted octanol–water partition coefficient (Wildman–Crippen LogP) is 3.81. The molecule has 5 amide bonds. The number of para-hydroxylation sites is 1. The average Bonchev–Trinajstić information content (AvgIpc) is 3.49. The minimum atomic E-state index is -0.697. The molecule has 35 heavy (non-hydrogen) atoms. The van der Waals surface area contributed by atoms with Crippen LogP contribution >= 0.6 is 11.3 Å². The van der Waals surface area contributed by atoms with Gasteiger partial charge in [-0.1, -0.05) is 43.5 Å². The number of carbonyl (C=O) groups is 4. The van der Waals surface area contributed by atoms with Crippen LogP contribution in [-0.2, 0) is 27.5 Å². The van der Waals surface area contributed by atoms with Gasteiger partial charge in [0.15, 0.2) is 0 Å². The van der Waals surface area contributed by atoms with E-state index in [-0.39, 0.29) is 24.1 Å². The molecule has 1 aliphatic heterocycles. The topological polar surface area (TPSA) is 101 Å². The number of benzene rings is 1. The van der Waals surface area contributed by atoms with Gasteiger partial charge in [0.1, 0.15) is 12.1 Å². The molecule has 0 radical (unpaired) electrons. The number of hydrogen-bond donors (Lipinski definition) is 2. The van der Waals surface area contributed by atoms with Crippen molar-refractivity contribution < 1.29 is 19.2 Å². The summed E-state index contributed by atoms with van der Waals surface area (Å²) < 4.78 is 1.81. The number of hydrogen-bond acceptors (Lipinski definition) is 5. The van der Waals surface area contributed by atoms with Gasteiger partial charge < -0.3 is 9.88 Å². The first-order valence-corrected chi connectivity index (χ1v) is 12.7. The van der Waals surface area contributed by atoms with Crippen LogP contribution in [0.25, 0.3) is 17.0 Å². The van der Waals surface area contributed by atoms with Crippen molar-refractivity contribution in [2.45, 2.75) is 51.2 Å². The van der Waals surface area contributed by atoms with Crippen molar-refractivity contribution in [3.63, 3.8) is 0 Å². The number of aromatic nitrogens is 1. The van der Waals surface area contributed by atoms with Crippen LogP contribution in [0.4, 0.5) is 4.79 Å². The summed E-state index contributed by atoms with van der Waals surface area (Å²) >= 11 is 1.58. The molecule has 3 aromatic rings. The molecule has 2 aromatic heterocycles. The Morgan fingerprint density at radius 2 is 1.89 bits per heavy atom. The highest BCUT2D eigenvalue weighted by atomic mass is 32.1. The molecule has 2 N–H and O–H groups in total. The number of barbiturate groups is 1. The third-order valence-corrected chi connectivity index (χ3v) is 7.42. The summed E-state index contributed by atoms with van der Waals surface area (Å²) in [7, 11) is 0. The van der Waals surface area contributed by atoms with Gasteiger partial charge in [-0.25, -0.2) is 4.79 Å². The molecule has 0 spiro atoms. The Morgan fingerprint density at radius 1 is 1.09 bits per heavy atom. The summed E-state index contributed by atoms with van der Waals surface area (Å²) in [6.07, 6.45) is 7.80. The van der Waals surface area contributed by atoms with Crippen molar-refractivity contribution in [1.82, 2.24) is 20.1 Å². The molecule has 1 aromatic carbocycles. The normalized spacial score (nSPS) is 18.3. The van der Waals surface area contributed by atoms with E-state index in [0.29, 0.717) is 12.1 Å². The third kappa shape index (κ3) is 4.77. The van der Waals surface area contributed by atoms with E-state index in [4.69, 9.17) is 0 Å². The summed E-state index contributed by atoms with van der Waals surface area (Å²) in [6, 6.07) is 10.6. The first-order chi connectivity index (χ1) is 17.0. The maximum atomic E-state index is 13.3. The summed E-state index contributed by atoms with van der Waals surface area (Å²) in [5, 5.41) is 8.03. The van der Waals surface area contributed by atoms with Gasteiger partial charge in [0.2, 0.25) is 5.91 Å². The molecular formula is C26H26N4O4S. The predicted molar refractivity (Wildman–Crippen MR) is 133 cm³/mol. The van der Waals surface area contributed by atoms with E-state index in [0.717, 1.165) is 47.9 Å². The number of carbonyl (C=O) groups excluding carboxylic acids is 4. The molecule has 2 aliphatic rings. The van der Waals surface area contributed by atoms with E-state index in [2.05, 4.69) is 10.6 Å². The van der Waals surface area contributed by atoms with E-state index >= 15 is 0 Å². The number of nitrogens with one attached hydrogen (secondary N) is 2. The van der Waals surface area contributed by atoms with Crippen LogP contribution in [-0.4, -0.2) is 39.3 Å². The molecule has 0 unspecified atom stereocenters. The summed E-state index contributed by atoms with van der Waals surface area (Å²) in [4.78, 5) is 53.3. The van der Waals surface area contributed by atoms with Crippen LogP contribution in [0.3, 0.4) is 0 Å². The lowest BCUT2D eigenvalue weighted by atomic mass is 9.93. The number of imide groups is 2. The zero-order valence-electron chi connectivity index (χ0n) is 19.2. The molecule has 9 heteroatoms. The first-order valence-electron chi connectivity index (χ1n) is 11.8. The molecule has 0 atom stereocenters. The van der Waals surface area contributed by atoms with Crippen molar-refractivity contribution in [2.75, 3.05) is 0 Å². The maximum Gasteiger partial charge on any atom is 0.331 e.